The number of nitro groups is 1. The molecule has 1 aromatic carbocycles. The fourth-order valence-electron chi connectivity index (χ4n) is 2.11. The Morgan fingerprint density at radius 2 is 2.06 bits per heavy atom. The first-order chi connectivity index (χ1) is 8.06. The fourth-order valence-corrected chi connectivity index (χ4v) is 2.11. The van der Waals surface area contributed by atoms with E-state index in [0.29, 0.717) is 11.4 Å². The van der Waals surface area contributed by atoms with Crippen LogP contribution in [0.5, 0.6) is 0 Å². The summed E-state index contributed by atoms with van der Waals surface area (Å²) in [5.74, 6) is 5.29. The Morgan fingerprint density at radius 1 is 1.41 bits per heavy atom. The van der Waals surface area contributed by atoms with Gasteiger partial charge >= 0.3 is 5.69 Å². The van der Waals surface area contributed by atoms with Crippen molar-refractivity contribution in [3.05, 3.63) is 28.3 Å². The molecule has 0 unspecified atom stereocenters. The zero-order chi connectivity index (χ0) is 12.5. The molecule has 1 aliphatic carbocycles. The van der Waals surface area contributed by atoms with E-state index < -0.39 is 4.92 Å². The highest BCUT2D eigenvalue weighted by Gasteiger charge is 2.33. The summed E-state index contributed by atoms with van der Waals surface area (Å²) in [5.41, 5.74) is 3.17. The number of nitrogens with zero attached hydrogens (tertiary/aromatic N) is 1. The number of nitrogens with two attached hydrogens (primary N) is 1. The number of benzene rings is 1. The van der Waals surface area contributed by atoms with Crippen LogP contribution in [-0.4, -0.2) is 10.5 Å². The molecule has 6 nitrogen and oxygen atoms in total. The van der Waals surface area contributed by atoms with Crippen LogP contribution in [0.25, 0.3) is 0 Å². The molecule has 1 aliphatic rings. The number of nitro benzene ring substituents is 1. The van der Waals surface area contributed by atoms with Crippen LogP contribution in [0.4, 0.5) is 17.1 Å². The lowest BCUT2D eigenvalue weighted by Gasteiger charge is -2.39. The van der Waals surface area contributed by atoms with Crippen molar-refractivity contribution in [1.82, 2.24) is 0 Å². The first-order valence-electron chi connectivity index (χ1n) is 5.58. The van der Waals surface area contributed by atoms with Crippen LogP contribution >= 0.6 is 0 Å². The molecule has 0 amide bonds. The normalized spacial score (nSPS) is 17.1. The predicted octanol–water partition coefficient (Wildman–Crippen LogP) is 2.23. The molecule has 17 heavy (non-hydrogen) atoms. The molecule has 2 rings (SSSR count). The second-order valence-electron chi connectivity index (χ2n) is 4.64. The van der Waals surface area contributed by atoms with Crippen molar-refractivity contribution in [3.63, 3.8) is 0 Å². The number of nitrogen functional groups attached to an aromatic ring is 1. The van der Waals surface area contributed by atoms with Crippen LogP contribution in [0, 0.1) is 10.1 Å². The maximum absolute atomic E-state index is 11.1. The molecule has 0 spiro atoms. The Hall–Kier alpha value is -1.82. The Balaban J connectivity index is 2.35. The molecule has 0 heterocycles. The van der Waals surface area contributed by atoms with Gasteiger partial charge in [0.2, 0.25) is 0 Å². The number of nitrogens with one attached hydrogen (secondary N) is 2. The van der Waals surface area contributed by atoms with Gasteiger partial charge in [-0.05, 0) is 38.3 Å². The van der Waals surface area contributed by atoms with Gasteiger partial charge in [-0.2, -0.15) is 0 Å². The highest BCUT2D eigenvalue weighted by atomic mass is 16.6. The van der Waals surface area contributed by atoms with Crippen LogP contribution in [0.1, 0.15) is 26.2 Å². The SMILES string of the molecule is CC1(Nc2cccc(NN)c2[N+](=O)[O-])CCC1. The number of hydrogen-bond donors (Lipinski definition) is 3. The maximum atomic E-state index is 11.1. The van der Waals surface area contributed by atoms with Gasteiger partial charge in [-0.25, -0.2) is 0 Å². The molecular weight excluding hydrogens is 220 g/mol. The van der Waals surface area contributed by atoms with Crippen molar-refractivity contribution in [2.75, 3.05) is 10.7 Å². The number of anilines is 2. The summed E-state index contributed by atoms with van der Waals surface area (Å²) in [6.07, 6.45) is 3.22. The topological polar surface area (TPSA) is 93.2 Å². The van der Waals surface area contributed by atoms with Crippen molar-refractivity contribution < 1.29 is 4.92 Å². The van der Waals surface area contributed by atoms with Gasteiger partial charge in [-0.15, -0.1) is 0 Å². The Morgan fingerprint density at radius 3 is 2.53 bits per heavy atom. The van der Waals surface area contributed by atoms with Crippen molar-refractivity contribution >= 4 is 17.1 Å². The van der Waals surface area contributed by atoms with Crippen LogP contribution < -0.4 is 16.6 Å². The van der Waals surface area contributed by atoms with Gasteiger partial charge in [0.1, 0.15) is 11.4 Å². The van der Waals surface area contributed by atoms with Gasteiger partial charge in [0.15, 0.2) is 0 Å². The molecule has 0 atom stereocenters. The lowest BCUT2D eigenvalue weighted by atomic mass is 9.78. The standard InChI is InChI=1S/C11H16N4O2/c1-11(6-3-7-11)13-8-4-2-5-9(14-12)10(8)15(16)17/h2,4-5,13-14H,3,6-7,12H2,1H3. The molecule has 0 saturated heterocycles. The molecule has 0 bridgehead atoms. The van der Waals surface area contributed by atoms with E-state index in [2.05, 4.69) is 17.7 Å². The van der Waals surface area contributed by atoms with Gasteiger partial charge in [-0.1, -0.05) is 6.07 Å². The van der Waals surface area contributed by atoms with Crippen LogP contribution in [0.3, 0.4) is 0 Å². The van der Waals surface area contributed by atoms with Crippen molar-refractivity contribution in [2.45, 2.75) is 31.7 Å². The molecule has 0 radical (unpaired) electrons. The summed E-state index contributed by atoms with van der Waals surface area (Å²) >= 11 is 0. The second kappa shape index (κ2) is 4.21. The Bertz CT molecular complexity index is 443. The average Bonchev–Trinajstić information content (AvgIpc) is 2.26. The third-order valence-electron chi connectivity index (χ3n) is 3.27. The predicted molar refractivity (Wildman–Crippen MR) is 66.8 cm³/mol. The van der Waals surface area contributed by atoms with Crippen LogP contribution in [0.2, 0.25) is 0 Å². The van der Waals surface area contributed by atoms with E-state index in [1.807, 2.05) is 0 Å². The summed E-state index contributed by atoms with van der Waals surface area (Å²) in [6, 6.07) is 5.04. The highest BCUT2D eigenvalue weighted by Crippen LogP contribution is 2.39. The average molecular weight is 236 g/mol. The largest absolute Gasteiger partial charge is 0.374 e. The minimum absolute atomic E-state index is 0.00289. The molecule has 0 aliphatic heterocycles. The molecule has 4 N–H and O–H groups in total. The lowest BCUT2D eigenvalue weighted by molar-refractivity contribution is -0.383. The number of hydrazine groups is 1. The van der Waals surface area contributed by atoms with Crippen LogP contribution in [-0.2, 0) is 0 Å². The molecule has 6 heteroatoms. The first kappa shape index (κ1) is 11.7. The van der Waals surface area contributed by atoms with E-state index in [9.17, 15) is 10.1 Å². The summed E-state index contributed by atoms with van der Waals surface area (Å²) in [4.78, 5) is 10.6. The molecule has 92 valence electrons. The summed E-state index contributed by atoms with van der Waals surface area (Å²) in [7, 11) is 0. The van der Waals surface area contributed by atoms with Crippen molar-refractivity contribution in [3.8, 4) is 0 Å². The van der Waals surface area contributed by atoms with Crippen molar-refractivity contribution in [1.29, 1.82) is 0 Å². The van der Waals surface area contributed by atoms with E-state index in [0.717, 1.165) is 19.3 Å². The Labute approximate surface area is 99.3 Å². The van der Waals surface area contributed by atoms with E-state index in [-0.39, 0.29) is 11.2 Å². The molecule has 0 aromatic heterocycles. The number of rotatable bonds is 4. The van der Waals surface area contributed by atoms with Gasteiger partial charge in [0.25, 0.3) is 0 Å². The summed E-state index contributed by atoms with van der Waals surface area (Å²) < 4.78 is 0. The zero-order valence-corrected chi connectivity index (χ0v) is 9.69. The van der Waals surface area contributed by atoms with Gasteiger partial charge in [0.05, 0.1) is 4.92 Å². The number of hydrogen-bond acceptors (Lipinski definition) is 5. The fraction of sp³-hybridized carbons (Fsp3) is 0.455. The molecule has 1 aromatic rings. The minimum Gasteiger partial charge on any atom is -0.374 e. The van der Waals surface area contributed by atoms with E-state index in [4.69, 9.17) is 5.84 Å². The van der Waals surface area contributed by atoms with E-state index in [1.165, 1.54) is 0 Å². The Kier molecular flexibility index (Phi) is 2.89. The smallest absolute Gasteiger partial charge is 0.316 e. The lowest BCUT2D eigenvalue weighted by Crippen LogP contribution is -2.41. The van der Waals surface area contributed by atoms with E-state index in [1.54, 1.807) is 18.2 Å². The van der Waals surface area contributed by atoms with E-state index >= 15 is 0 Å². The summed E-state index contributed by atoms with van der Waals surface area (Å²) in [6.45, 7) is 2.07. The number of para-hydroxylation sites is 1. The zero-order valence-electron chi connectivity index (χ0n) is 9.69. The van der Waals surface area contributed by atoms with Crippen LogP contribution in [0.15, 0.2) is 18.2 Å². The molecular formula is C11H16N4O2. The first-order valence-corrected chi connectivity index (χ1v) is 5.58. The monoisotopic (exact) mass is 236 g/mol. The molecule has 1 saturated carbocycles. The quantitative estimate of drug-likeness (QED) is 0.423. The maximum Gasteiger partial charge on any atom is 0.316 e. The third kappa shape index (κ3) is 2.16. The molecule has 1 fully saturated rings. The summed E-state index contributed by atoms with van der Waals surface area (Å²) in [5, 5.41) is 14.3. The minimum atomic E-state index is -0.417. The second-order valence-corrected chi connectivity index (χ2v) is 4.64. The van der Waals surface area contributed by atoms with Crippen molar-refractivity contribution in [2.24, 2.45) is 5.84 Å². The van der Waals surface area contributed by atoms with Gasteiger partial charge < -0.3 is 10.7 Å². The van der Waals surface area contributed by atoms with Gasteiger partial charge in [-0.3, -0.25) is 16.0 Å². The van der Waals surface area contributed by atoms with Gasteiger partial charge in [0, 0.05) is 5.54 Å². The highest BCUT2D eigenvalue weighted by molar-refractivity contribution is 5.76. The third-order valence-corrected chi connectivity index (χ3v) is 3.27.